The van der Waals surface area contributed by atoms with Gasteiger partial charge in [-0.1, -0.05) is 84.9 Å². The lowest BCUT2D eigenvalue weighted by atomic mass is 9.89. The van der Waals surface area contributed by atoms with Gasteiger partial charge in [-0.2, -0.15) is 0 Å². The summed E-state index contributed by atoms with van der Waals surface area (Å²) >= 11 is 0. The molecule has 0 saturated heterocycles. The monoisotopic (exact) mass is 543 g/mol. The van der Waals surface area contributed by atoms with Crippen molar-refractivity contribution >= 4 is 12.0 Å². The minimum atomic E-state index is -0.284. The number of allylic oxidation sites excluding steroid dienone is 1. The van der Waals surface area contributed by atoms with Gasteiger partial charge in [-0.25, -0.2) is 0 Å². The number of amides is 1. The molecule has 0 fully saturated rings. The molecule has 3 heterocycles. The van der Waals surface area contributed by atoms with Crippen LogP contribution >= 0.6 is 0 Å². The third-order valence-electron chi connectivity index (χ3n) is 8.50. The molecule has 3 aliphatic rings. The second-order valence-corrected chi connectivity index (χ2v) is 11.0. The van der Waals surface area contributed by atoms with Crippen LogP contribution in [0.4, 0.5) is 0 Å². The number of benzene rings is 3. The van der Waals surface area contributed by atoms with Crippen LogP contribution in [0.1, 0.15) is 69.2 Å². The summed E-state index contributed by atoms with van der Waals surface area (Å²) in [6.45, 7) is 1.25. The van der Waals surface area contributed by atoms with E-state index in [0.29, 0.717) is 18.9 Å². The molecule has 6 nitrogen and oxygen atoms in total. The van der Waals surface area contributed by atoms with Crippen molar-refractivity contribution in [1.29, 1.82) is 0 Å². The SMILES string of the molecule is O=C1c2c(OCc3ccccc3)c(=O)ccn2N2CN1CCCC/C=C\c1cccc3c1[C@H]2c1ccccc1CC3. The molecule has 2 bridgehead atoms. The highest BCUT2D eigenvalue weighted by Crippen LogP contribution is 2.40. The average molecular weight is 544 g/mol. The lowest BCUT2D eigenvalue weighted by molar-refractivity contribution is 0.0673. The number of aromatic nitrogens is 1. The second kappa shape index (κ2) is 10.8. The summed E-state index contributed by atoms with van der Waals surface area (Å²) in [7, 11) is 0. The quantitative estimate of drug-likeness (QED) is 0.325. The predicted octanol–water partition coefficient (Wildman–Crippen LogP) is 5.86. The van der Waals surface area contributed by atoms with E-state index in [-0.39, 0.29) is 29.7 Å². The Labute approximate surface area is 240 Å². The third kappa shape index (κ3) is 4.63. The van der Waals surface area contributed by atoms with Crippen molar-refractivity contribution in [1.82, 2.24) is 9.58 Å². The van der Waals surface area contributed by atoms with Crippen molar-refractivity contribution in [2.75, 3.05) is 18.2 Å². The van der Waals surface area contributed by atoms with Crippen LogP contribution in [0.5, 0.6) is 5.75 Å². The molecule has 1 amide bonds. The van der Waals surface area contributed by atoms with Crippen molar-refractivity contribution in [2.45, 2.75) is 44.8 Å². The molecule has 0 unspecified atom stereocenters. The van der Waals surface area contributed by atoms with Gasteiger partial charge in [-0.05, 0) is 65.5 Å². The van der Waals surface area contributed by atoms with Gasteiger partial charge in [0.2, 0.25) is 5.43 Å². The maximum atomic E-state index is 14.1. The Morgan fingerprint density at radius 1 is 0.829 bits per heavy atom. The van der Waals surface area contributed by atoms with Crippen LogP contribution in [0.2, 0.25) is 0 Å². The first kappa shape index (κ1) is 25.4. The summed E-state index contributed by atoms with van der Waals surface area (Å²) in [5.41, 5.74) is 7.28. The van der Waals surface area contributed by atoms with Crippen LogP contribution in [0.15, 0.2) is 95.9 Å². The molecular weight excluding hydrogens is 510 g/mol. The molecule has 0 spiro atoms. The summed E-state index contributed by atoms with van der Waals surface area (Å²) < 4.78 is 8.07. The van der Waals surface area contributed by atoms with Crippen LogP contribution in [-0.4, -0.2) is 28.7 Å². The number of carbonyl (C=O) groups is 1. The lowest BCUT2D eigenvalue weighted by Gasteiger charge is -2.45. The first-order valence-electron chi connectivity index (χ1n) is 14.5. The molecule has 3 aromatic carbocycles. The molecular formula is C35H33N3O3. The van der Waals surface area contributed by atoms with E-state index in [2.05, 4.69) is 59.6 Å². The highest BCUT2D eigenvalue weighted by Gasteiger charge is 2.39. The number of nitrogens with zero attached hydrogens (tertiary/aromatic N) is 3. The number of ether oxygens (including phenoxy) is 1. The zero-order valence-electron chi connectivity index (χ0n) is 23.0. The first-order valence-corrected chi connectivity index (χ1v) is 14.5. The Morgan fingerprint density at radius 3 is 2.54 bits per heavy atom. The fourth-order valence-electron chi connectivity index (χ4n) is 6.49. The normalized spacial score (nSPS) is 18.6. The van der Waals surface area contributed by atoms with Crippen LogP contribution in [-0.2, 0) is 19.4 Å². The van der Waals surface area contributed by atoms with Crippen LogP contribution in [0.3, 0.4) is 0 Å². The minimum absolute atomic E-state index is 0.110. The first-order chi connectivity index (χ1) is 20.2. The van der Waals surface area contributed by atoms with E-state index in [9.17, 15) is 9.59 Å². The molecule has 0 saturated carbocycles. The summed E-state index contributed by atoms with van der Waals surface area (Å²) in [4.78, 5) is 29.3. The Bertz CT molecular complexity index is 1690. The number of carbonyl (C=O) groups excluding carboxylic acids is 1. The largest absolute Gasteiger partial charge is 0.482 e. The summed E-state index contributed by atoms with van der Waals surface area (Å²) in [5.74, 6) is -0.0523. The molecule has 1 atom stereocenters. The summed E-state index contributed by atoms with van der Waals surface area (Å²) in [6.07, 6.45) is 11.0. The Morgan fingerprint density at radius 2 is 1.63 bits per heavy atom. The van der Waals surface area contributed by atoms with Crippen LogP contribution in [0.25, 0.3) is 6.08 Å². The van der Waals surface area contributed by atoms with Gasteiger partial charge in [0.25, 0.3) is 5.91 Å². The maximum absolute atomic E-state index is 14.1. The van der Waals surface area contributed by atoms with Gasteiger partial charge in [0.1, 0.15) is 13.3 Å². The summed E-state index contributed by atoms with van der Waals surface area (Å²) in [6, 6.07) is 26.4. The number of aryl methyl sites for hydroxylation is 2. The van der Waals surface area contributed by atoms with Gasteiger partial charge in [0.05, 0.1) is 6.04 Å². The standard InChI is InChI=1S/C35H33N3O3/c39-30-20-22-37-33(34(30)41-23-25-11-4-3-5-12-25)35(40)36-21-9-2-1-6-14-27-15-10-16-28-19-18-26-13-7-8-17-29(26)32(31(27)28)38(37)24-36/h3-8,10-17,20,22,32H,1-2,9,18-19,21,23-24H2/b14-6-/t32-/m1/s1. The van der Waals surface area contributed by atoms with Crippen LogP contribution < -0.4 is 15.2 Å². The highest BCUT2D eigenvalue weighted by molar-refractivity contribution is 5.96. The number of hydrogen-bond acceptors (Lipinski definition) is 4. The van der Waals surface area contributed by atoms with Gasteiger partial charge < -0.3 is 9.64 Å². The van der Waals surface area contributed by atoms with Crippen molar-refractivity contribution in [2.24, 2.45) is 0 Å². The molecule has 206 valence electrons. The number of fused-ring (bicyclic) bond motifs is 7. The highest BCUT2D eigenvalue weighted by atomic mass is 16.5. The van der Waals surface area contributed by atoms with Gasteiger partial charge >= 0.3 is 0 Å². The molecule has 1 aromatic heterocycles. The van der Waals surface area contributed by atoms with Crippen LogP contribution in [0, 0.1) is 0 Å². The predicted molar refractivity (Wildman–Crippen MR) is 161 cm³/mol. The summed E-state index contributed by atoms with van der Waals surface area (Å²) in [5, 5.41) is 2.26. The van der Waals surface area contributed by atoms with E-state index in [1.165, 1.54) is 33.9 Å². The molecule has 1 aliphatic carbocycles. The number of hydrogen-bond donors (Lipinski definition) is 0. The third-order valence-corrected chi connectivity index (χ3v) is 8.50. The van der Waals surface area contributed by atoms with Crippen molar-refractivity contribution in [3.63, 3.8) is 0 Å². The Kier molecular flexibility index (Phi) is 6.67. The molecule has 41 heavy (non-hydrogen) atoms. The van der Waals surface area contributed by atoms with Crippen molar-refractivity contribution < 1.29 is 9.53 Å². The molecule has 4 aromatic rings. The van der Waals surface area contributed by atoms with E-state index in [1.54, 1.807) is 6.20 Å². The topological polar surface area (TPSA) is 54.8 Å². The fraction of sp³-hybridized carbons (Fsp3) is 0.257. The van der Waals surface area contributed by atoms with Gasteiger partial charge in [0.15, 0.2) is 11.4 Å². The lowest BCUT2D eigenvalue weighted by Crippen LogP contribution is -2.56. The van der Waals surface area contributed by atoms with Crippen molar-refractivity contribution in [3.8, 4) is 5.75 Å². The zero-order chi connectivity index (χ0) is 27.8. The van der Waals surface area contributed by atoms with E-state index in [0.717, 1.165) is 37.7 Å². The smallest absolute Gasteiger partial charge is 0.277 e. The van der Waals surface area contributed by atoms with E-state index in [4.69, 9.17) is 4.74 Å². The second-order valence-electron chi connectivity index (χ2n) is 11.0. The van der Waals surface area contributed by atoms with Crippen molar-refractivity contribution in [3.05, 3.63) is 140 Å². The van der Waals surface area contributed by atoms with Gasteiger partial charge in [-0.3, -0.25) is 19.3 Å². The zero-order valence-corrected chi connectivity index (χ0v) is 23.0. The molecule has 2 aliphatic heterocycles. The molecule has 0 radical (unpaired) electrons. The minimum Gasteiger partial charge on any atom is -0.482 e. The number of pyridine rings is 1. The molecule has 6 heteroatoms. The number of rotatable bonds is 3. The van der Waals surface area contributed by atoms with E-state index < -0.39 is 0 Å². The van der Waals surface area contributed by atoms with Gasteiger partial charge in [-0.15, -0.1) is 0 Å². The van der Waals surface area contributed by atoms with E-state index >= 15 is 0 Å². The molecule has 0 N–H and O–H groups in total. The van der Waals surface area contributed by atoms with E-state index in [1.807, 2.05) is 39.9 Å². The van der Waals surface area contributed by atoms with Gasteiger partial charge in [0, 0.05) is 18.8 Å². The Hall–Kier alpha value is -4.58. The molecule has 7 rings (SSSR count). The Balaban J connectivity index is 1.45. The fourth-order valence-corrected chi connectivity index (χ4v) is 6.49. The maximum Gasteiger partial charge on any atom is 0.277 e. The average Bonchev–Trinajstić information content (AvgIpc) is 3.17.